The number of carbonyl (C=O) groups excluding carboxylic acids is 2. The van der Waals surface area contributed by atoms with Crippen molar-refractivity contribution in [3.63, 3.8) is 0 Å². The van der Waals surface area contributed by atoms with E-state index >= 15 is 0 Å². The number of nitrogens with zero attached hydrogens (tertiary/aromatic N) is 1. The first-order valence-corrected chi connectivity index (χ1v) is 7.05. The molecule has 0 spiro atoms. The van der Waals surface area contributed by atoms with E-state index in [0.717, 1.165) is 30.8 Å². The molecule has 0 unspecified atom stereocenters. The Labute approximate surface area is 131 Å². The lowest BCUT2D eigenvalue weighted by Gasteiger charge is -2.27. The van der Waals surface area contributed by atoms with Crippen LogP contribution in [0.15, 0.2) is 24.3 Å². The maximum atomic E-state index is 11.9. The van der Waals surface area contributed by atoms with Crippen LogP contribution in [0.5, 0.6) is 0 Å². The van der Waals surface area contributed by atoms with Gasteiger partial charge in [-0.15, -0.1) is 12.4 Å². The molecule has 1 fully saturated rings. The van der Waals surface area contributed by atoms with E-state index in [-0.39, 0.29) is 24.2 Å². The Balaban J connectivity index is 0.00000220. The SMILES string of the molecule is CNCCC(=O)Nc1cccc(N2CCCCC2=O)c1.Cl. The second kappa shape index (κ2) is 8.64. The van der Waals surface area contributed by atoms with Crippen molar-refractivity contribution in [1.29, 1.82) is 0 Å². The third-order valence-electron chi connectivity index (χ3n) is 3.37. The van der Waals surface area contributed by atoms with Crippen LogP contribution in [0.1, 0.15) is 25.7 Å². The summed E-state index contributed by atoms with van der Waals surface area (Å²) in [5.74, 6) is 0.136. The molecule has 0 atom stereocenters. The van der Waals surface area contributed by atoms with Gasteiger partial charge in [-0.2, -0.15) is 0 Å². The summed E-state index contributed by atoms with van der Waals surface area (Å²) in [5, 5.41) is 5.79. The van der Waals surface area contributed by atoms with Crippen molar-refractivity contribution in [1.82, 2.24) is 5.32 Å². The molecule has 2 amide bonds. The third-order valence-corrected chi connectivity index (χ3v) is 3.37. The zero-order chi connectivity index (χ0) is 14.4. The molecule has 21 heavy (non-hydrogen) atoms. The Morgan fingerprint density at radius 3 is 2.86 bits per heavy atom. The van der Waals surface area contributed by atoms with Gasteiger partial charge in [-0.25, -0.2) is 0 Å². The van der Waals surface area contributed by atoms with E-state index in [9.17, 15) is 9.59 Å². The minimum absolute atomic E-state index is 0. The highest BCUT2D eigenvalue weighted by Gasteiger charge is 2.19. The Bertz CT molecular complexity index is 494. The quantitative estimate of drug-likeness (QED) is 0.876. The molecule has 1 aromatic rings. The highest BCUT2D eigenvalue weighted by molar-refractivity contribution is 5.96. The molecule has 1 heterocycles. The van der Waals surface area contributed by atoms with Crippen LogP contribution < -0.4 is 15.5 Å². The van der Waals surface area contributed by atoms with Crippen LogP contribution in [0.25, 0.3) is 0 Å². The molecule has 0 aliphatic carbocycles. The number of benzene rings is 1. The molecule has 0 aromatic heterocycles. The van der Waals surface area contributed by atoms with Gasteiger partial charge >= 0.3 is 0 Å². The highest BCUT2D eigenvalue weighted by Crippen LogP contribution is 2.23. The number of rotatable bonds is 5. The zero-order valence-electron chi connectivity index (χ0n) is 12.2. The maximum Gasteiger partial charge on any atom is 0.226 e. The number of hydrogen-bond donors (Lipinski definition) is 2. The van der Waals surface area contributed by atoms with E-state index in [0.29, 0.717) is 19.4 Å². The number of piperidine rings is 1. The van der Waals surface area contributed by atoms with E-state index in [1.54, 1.807) is 4.90 Å². The molecule has 0 radical (unpaired) electrons. The van der Waals surface area contributed by atoms with E-state index in [4.69, 9.17) is 0 Å². The number of hydrogen-bond acceptors (Lipinski definition) is 3. The second-order valence-electron chi connectivity index (χ2n) is 4.95. The first-order valence-electron chi connectivity index (χ1n) is 7.05. The molecule has 1 saturated heterocycles. The topological polar surface area (TPSA) is 61.4 Å². The number of anilines is 2. The van der Waals surface area contributed by atoms with Crippen molar-refractivity contribution >= 4 is 35.6 Å². The first kappa shape index (κ1) is 17.5. The lowest BCUT2D eigenvalue weighted by molar-refractivity contribution is -0.119. The Morgan fingerprint density at radius 2 is 2.14 bits per heavy atom. The minimum atomic E-state index is -0.0264. The van der Waals surface area contributed by atoms with Crippen molar-refractivity contribution in [2.45, 2.75) is 25.7 Å². The predicted octanol–water partition coefficient (Wildman–Crippen LogP) is 2.17. The maximum absolute atomic E-state index is 11.9. The summed E-state index contributed by atoms with van der Waals surface area (Å²) in [6.45, 7) is 1.41. The number of carbonyl (C=O) groups is 2. The summed E-state index contributed by atoms with van der Waals surface area (Å²) in [5.41, 5.74) is 1.60. The third kappa shape index (κ3) is 5.02. The fraction of sp³-hybridized carbons (Fsp3) is 0.467. The summed E-state index contributed by atoms with van der Waals surface area (Å²) in [6.07, 6.45) is 3.04. The van der Waals surface area contributed by atoms with E-state index in [2.05, 4.69) is 10.6 Å². The average Bonchev–Trinajstić information content (AvgIpc) is 2.46. The molecule has 1 aromatic carbocycles. The molecule has 2 rings (SSSR count). The molecule has 5 nitrogen and oxygen atoms in total. The Kier molecular flexibility index (Phi) is 7.19. The summed E-state index contributed by atoms with van der Waals surface area (Å²) in [6, 6.07) is 7.48. The van der Waals surface area contributed by atoms with Gasteiger partial charge in [0.1, 0.15) is 0 Å². The summed E-state index contributed by atoms with van der Waals surface area (Å²) >= 11 is 0. The molecular weight excluding hydrogens is 290 g/mol. The normalized spacial score (nSPS) is 14.5. The van der Waals surface area contributed by atoms with E-state index < -0.39 is 0 Å². The standard InChI is InChI=1S/C15H21N3O2.ClH/c1-16-9-8-14(19)17-12-5-4-6-13(11-12)18-10-3-2-7-15(18)20;/h4-6,11,16H,2-3,7-10H2,1H3,(H,17,19);1H. The smallest absolute Gasteiger partial charge is 0.226 e. The fourth-order valence-electron chi connectivity index (χ4n) is 2.29. The van der Waals surface area contributed by atoms with Crippen LogP contribution in [0.3, 0.4) is 0 Å². The van der Waals surface area contributed by atoms with Gasteiger partial charge in [-0.05, 0) is 38.1 Å². The lowest BCUT2D eigenvalue weighted by atomic mass is 10.1. The van der Waals surface area contributed by atoms with Crippen molar-refractivity contribution < 1.29 is 9.59 Å². The van der Waals surface area contributed by atoms with Crippen molar-refractivity contribution in [3.8, 4) is 0 Å². The Hall–Kier alpha value is -1.59. The lowest BCUT2D eigenvalue weighted by Crippen LogP contribution is -2.35. The zero-order valence-corrected chi connectivity index (χ0v) is 13.0. The molecule has 1 aliphatic heterocycles. The van der Waals surface area contributed by atoms with Gasteiger partial charge in [-0.1, -0.05) is 6.07 Å². The number of amides is 2. The first-order chi connectivity index (χ1) is 9.70. The molecule has 0 saturated carbocycles. The van der Waals surface area contributed by atoms with Gasteiger partial charge in [0.05, 0.1) is 0 Å². The van der Waals surface area contributed by atoms with Crippen molar-refractivity contribution in [2.75, 3.05) is 30.4 Å². The molecule has 2 N–H and O–H groups in total. The summed E-state index contributed by atoms with van der Waals surface area (Å²) < 4.78 is 0. The highest BCUT2D eigenvalue weighted by atomic mass is 35.5. The largest absolute Gasteiger partial charge is 0.326 e. The Morgan fingerprint density at radius 1 is 1.33 bits per heavy atom. The van der Waals surface area contributed by atoms with Crippen LogP contribution >= 0.6 is 12.4 Å². The number of halogens is 1. The van der Waals surface area contributed by atoms with Crippen LogP contribution in [0.4, 0.5) is 11.4 Å². The van der Waals surface area contributed by atoms with Crippen LogP contribution in [-0.2, 0) is 9.59 Å². The average molecular weight is 312 g/mol. The molecule has 116 valence electrons. The molecule has 6 heteroatoms. The van der Waals surface area contributed by atoms with Crippen molar-refractivity contribution in [3.05, 3.63) is 24.3 Å². The number of nitrogens with one attached hydrogen (secondary N) is 2. The van der Waals surface area contributed by atoms with Crippen LogP contribution in [0, 0.1) is 0 Å². The van der Waals surface area contributed by atoms with Gasteiger partial charge in [-0.3, -0.25) is 9.59 Å². The van der Waals surface area contributed by atoms with Crippen LogP contribution in [-0.4, -0.2) is 32.0 Å². The van der Waals surface area contributed by atoms with E-state index in [1.807, 2.05) is 31.3 Å². The predicted molar refractivity (Wildman–Crippen MR) is 87.1 cm³/mol. The summed E-state index contributed by atoms with van der Waals surface area (Å²) in [4.78, 5) is 25.4. The fourth-order valence-corrected chi connectivity index (χ4v) is 2.29. The minimum Gasteiger partial charge on any atom is -0.326 e. The van der Waals surface area contributed by atoms with Crippen molar-refractivity contribution in [2.24, 2.45) is 0 Å². The van der Waals surface area contributed by atoms with Crippen LogP contribution in [0.2, 0.25) is 0 Å². The molecular formula is C15H22ClN3O2. The summed E-state index contributed by atoms with van der Waals surface area (Å²) in [7, 11) is 1.82. The van der Waals surface area contributed by atoms with Gasteiger partial charge in [0.2, 0.25) is 11.8 Å². The second-order valence-corrected chi connectivity index (χ2v) is 4.95. The van der Waals surface area contributed by atoms with Gasteiger partial charge < -0.3 is 15.5 Å². The van der Waals surface area contributed by atoms with Gasteiger partial charge in [0, 0.05) is 37.3 Å². The van der Waals surface area contributed by atoms with Gasteiger partial charge in [0.25, 0.3) is 0 Å². The molecule has 1 aliphatic rings. The van der Waals surface area contributed by atoms with E-state index in [1.165, 1.54) is 0 Å². The van der Waals surface area contributed by atoms with Gasteiger partial charge in [0.15, 0.2) is 0 Å². The molecule has 0 bridgehead atoms. The monoisotopic (exact) mass is 311 g/mol.